The van der Waals surface area contributed by atoms with Crippen LogP contribution in [-0.4, -0.2) is 4.98 Å². The summed E-state index contributed by atoms with van der Waals surface area (Å²) in [5.74, 6) is 0.536. The lowest BCUT2D eigenvalue weighted by atomic mass is 10.1. The number of rotatable bonds is 5. The number of aryl methyl sites for hydroxylation is 2. The summed E-state index contributed by atoms with van der Waals surface area (Å²) >= 11 is 0. The van der Waals surface area contributed by atoms with Gasteiger partial charge in [0.15, 0.2) is 0 Å². The van der Waals surface area contributed by atoms with E-state index in [4.69, 9.17) is 4.42 Å². The van der Waals surface area contributed by atoms with Crippen molar-refractivity contribution >= 4 is 0 Å². The molecule has 0 aliphatic heterocycles. The van der Waals surface area contributed by atoms with E-state index >= 15 is 0 Å². The van der Waals surface area contributed by atoms with Crippen LogP contribution in [0.15, 0.2) is 22.7 Å². The number of oxazole rings is 1. The molecule has 1 heterocycles. The first-order valence-corrected chi connectivity index (χ1v) is 6.63. The Morgan fingerprint density at radius 3 is 2.70 bits per heavy atom. The van der Waals surface area contributed by atoms with Crippen LogP contribution in [0.2, 0.25) is 0 Å². The van der Waals surface area contributed by atoms with Gasteiger partial charge in [0.2, 0.25) is 5.89 Å². The first kappa shape index (κ1) is 14.7. The molecule has 2 rings (SSSR count). The van der Waals surface area contributed by atoms with Crippen molar-refractivity contribution in [1.29, 1.82) is 0 Å². The SMILES string of the molecule is CCc1cnc(CNC(C)c2cc(F)c(C)cc2F)o1. The molecule has 0 fully saturated rings. The third-order valence-electron chi connectivity index (χ3n) is 3.25. The second kappa shape index (κ2) is 6.13. The van der Waals surface area contributed by atoms with E-state index < -0.39 is 11.6 Å². The quantitative estimate of drug-likeness (QED) is 0.908. The van der Waals surface area contributed by atoms with E-state index in [0.717, 1.165) is 12.2 Å². The Morgan fingerprint density at radius 2 is 2.05 bits per heavy atom. The fraction of sp³-hybridized carbons (Fsp3) is 0.400. The Kier molecular flexibility index (Phi) is 4.49. The van der Waals surface area contributed by atoms with Crippen LogP contribution in [0.3, 0.4) is 0 Å². The fourth-order valence-electron chi connectivity index (χ4n) is 1.94. The highest BCUT2D eigenvalue weighted by Gasteiger charge is 2.14. The van der Waals surface area contributed by atoms with E-state index in [2.05, 4.69) is 10.3 Å². The molecule has 1 N–H and O–H groups in total. The predicted octanol–water partition coefficient (Wildman–Crippen LogP) is 3.67. The van der Waals surface area contributed by atoms with E-state index in [0.29, 0.717) is 23.6 Å². The van der Waals surface area contributed by atoms with Gasteiger partial charge in [-0.15, -0.1) is 0 Å². The molecule has 3 nitrogen and oxygen atoms in total. The molecule has 0 spiro atoms. The number of nitrogens with one attached hydrogen (secondary N) is 1. The van der Waals surface area contributed by atoms with Gasteiger partial charge in [-0.1, -0.05) is 6.92 Å². The Bertz CT molecular complexity index is 596. The summed E-state index contributed by atoms with van der Waals surface area (Å²) in [6.07, 6.45) is 2.45. The number of hydrogen-bond acceptors (Lipinski definition) is 3. The second-order valence-corrected chi connectivity index (χ2v) is 4.80. The monoisotopic (exact) mass is 280 g/mol. The van der Waals surface area contributed by atoms with E-state index in [1.807, 2.05) is 6.92 Å². The molecule has 0 aliphatic rings. The number of halogens is 2. The molecule has 0 saturated heterocycles. The van der Waals surface area contributed by atoms with Gasteiger partial charge in [0.05, 0.1) is 12.7 Å². The normalized spacial score (nSPS) is 12.7. The number of hydrogen-bond donors (Lipinski definition) is 1. The van der Waals surface area contributed by atoms with Crippen molar-refractivity contribution in [2.24, 2.45) is 0 Å². The molecule has 108 valence electrons. The highest BCUT2D eigenvalue weighted by Crippen LogP contribution is 2.21. The maximum absolute atomic E-state index is 13.8. The lowest BCUT2D eigenvalue weighted by molar-refractivity contribution is 0.419. The molecule has 0 saturated carbocycles. The molecule has 1 aromatic heterocycles. The van der Waals surface area contributed by atoms with Crippen molar-refractivity contribution in [3.63, 3.8) is 0 Å². The summed E-state index contributed by atoms with van der Waals surface area (Å²) in [4.78, 5) is 4.11. The zero-order chi connectivity index (χ0) is 14.7. The average molecular weight is 280 g/mol. The third-order valence-corrected chi connectivity index (χ3v) is 3.25. The van der Waals surface area contributed by atoms with Crippen molar-refractivity contribution in [2.45, 2.75) is 39.8 Å². The minimum absolute atomic E-state index is 0.301. The van der Waals surface area contributed by atoms with Crippen molar-refractivity contribution in [2.75, 3.05) is 0 Å². The zero-order valence-corrected chi connectivity index (χ0v) is 11.8. The summed E-state index contributed by atoms with van der Waals surface area (Å²) in [6, 6.07) is 2.11. The van der Waals surface area contributed by atoms with Crippen LogP contribution in [0.5, 0.6) is 0 Å². The molecule has 20 heavy (non-hydrogen) atoms. The molecule has 2 aromatic rings. The third kappa shape index (κ3) is 3.22. The van der Waals surface area contributed by atoms with Gasteiger partial charge in [0, 0.05) is 18.0 Å². The van der Waals surface area contributed by atoms with Crippen molar-refractivity contribution in [3.05, 3.63) is 52.7 Å². The first-order valence-electron chi connectivity index (χ1n) is 6.63. The van der Waals surface area contributed by atoms with Crippen molar-refractivity contribution < 1.29 is 13.2 Å². The minimum Gasteiger partial charge on any atom is -0.444 e. The highest BCUT2D eigenvalue weighted by atomic mass is 19.1. The van der Waals surface area contributed by atoms with Crippen LogP contribution < -0.4 is 5.32 Å². The maximum Gasteiger partial charge on any atom is 0.208 e. The molecule has 1 atom stereocenters. The second-order valence-electron chi connectivity index (χ2n) is 4.80. The molecular weight excluding hydrogens is 262 g/mol. The lowest BCUT2D eigenvalue weighted by Gasteiger charge is -2.14. The molecule has 0 amide bonds. The van der Waals surface area contributed by atoms with Crippen LogP contribution in [0.25, 0.3) is 0 Å². The molecule has 0 radical (unpaired) electrons. The Hall–Kier alpha value is -1.75. The summed E-state index contributed by atoms with van der Waals surface area (Å²) in [5, 5.41) is 3.08. The van der Waals surface area contributed by atoms with Crippen LogP contribution in [-0.2, 0) is 13.0 Å². The van der Waals surface area contributed by atoms with Crippen LogP contribution in [0.4, 0.5) is 8.78 Å². The van der Waals surface area contributed by atoms with Gasteiger partial charge in [-0.25, -0.2) is 13.8 Å². The summed E-state index contributed by atoms with van der Waals surface area (Å²) < 4.78 is 32.8. The average Bonchev–Trinajstić information content (AvgIpc) is 2.88. The lowest BCUT2D eigenvalue weighted by Crippen LogP contribution is -2.19. The summed E-state index contributed by atoms with van der Waals surface area (Å²) in [6.45, 7) is 5.66. The summed E-state index contributed by atoms with van der Waals surface area (Å²) in [5.41, 5.74) is 0.606. The topological polar surface area (TPSA) is 38.1 Å². The minimum atomic E-state index is -0.412. The molecule has 1 aromatic carbocycles. The molecule has 0 aliphatic carbocycles. The molecule has 1 unspecified atom stereocenters. The highest BCUT2D eigenvalue weighted by molar-refractivity contribution is 5.27. The van der Waals surface area contributed by atoms with Crippen LogP contribution in [0, 0.1) is 18.6 Å². The van der Waals surface area contributed by atoms with Crippen molar-refractivity contribution in [1.82, 2.24) is 10.3 Å². The van der Waals surface area contributed by atoms with Gasteiger partial charge in [-0.3, -0.25) is 0 Å². The Morgan fingerprint density at radius 1 is 1.30 bits per heavy atom. The fourth-order valence-corrected chi connectivity index (χ4v) is 1.94. The van der Waals surface area contributed by atoms with E-state index in [9.17, 15) is 8.78 Å². The molecule has 0 bridgehead atoms. The molecule has 5 heteroatoms. The Balaban J connectivity index is 2.04. The van der Waals surface area contributed by atoms with E-state index in [1.165, 1.54) is 12.1 Å². The van der Waals surface area contributed by atoms with Crippen LogP contribution in [0.1, 0.15) is 42.7 Å². The maximum atomic E-state index is 13.8. The van der Waals surface area contributed by atoms with Crippen LogP contribution >= 0.6 is 0 Å². The smallest absolute Gasteiger partial charge is 0.208 e. The van der Waals surface area contributed by atoms with Gasteiger partial charge < -0.3 is 9.73 Å². The number of nitrogens with zero attached hydrogens (tertiary/aromatic N) is 1. The van der Waals surface area contributed by atoms with E-state index in [1.54, 1.807) is 20.0 Å². The predicted molar refractivity (Wildman–Crippen MR) is 72.2 cm³/mol. The van der Waals surface area contributed by atoms with Gasteiger partial charge in [-0.2, -0.15) is 0 Å². The van der Waals surface area contributed by atoms with Gasteiger partial charge >= 0.3 is 0 Å². The Labute approximate surface area is 117 Å². The van der Waals surface area contributed by atoms with Crippen molar-refractivity contribution in [3.8, 4) is 0 Å². The summed E-state index contributed by atoms with van der Waals surface area (Å²) in [7, 11) is 0. The van der Waals surface area contributed by atoms with Gasteiger partial charge in [0.1, 0.15) is 17.4 Å². The molecular formula is C15H18F2N2O. The largest absolute Gasteiger partial charge is 0.444 e. The van der Waals surface area contributed by atoms with Gasteiger partial charge in [0.25, 0.3) is 0 Å². The zero-order valence-electron chi connectivity index (χ0n) is 11.8. The first-order chi connectivity index (χ1) is 9.51. The standard InChI is InChI=1S/C15H18F2N2O/c1-4-11-7-19-15(20-11)8-18-10(3)12-6-13(16)9(2)5-14(12)17/h5-7,10,18H,4,8H2,1-3H3. The number of benzene rings is 1. The van der Waals surface area contributed by atoms with E-state index in [-0.39, 0.29) is 6.04 Å². The van der Waals surface area contributed by atoms with Gasteiger partial charge in [-0.05, 0) is 31.5 Å². The number of aromatic nitrogens is 1.